The van der Waals surface area contributed by atoms with Crippen LogP contribution in [0.2, 0.25) is 0 Å². The molecule has 0 aromatic heterocycles. The lowest BCUT2D eigenvalue weighted by Crippen LogP contribution is -2.36. The van der Waals surface area contributed by atoms with Crippen LogP contribution in [0.3, 0.4) is 0 Å². The number of rotatable bonds is 10. The Morgan fingerprint density at radius 2 is 2.19 bits per heavy atom. The van der Waals surface area contributed by atoms with Crippen molar-refractivity contribution in [2.45, 2.75) is 12.6 Å². The molecule has 116 valence electrons. The first kappa shape index (κ1) is 17.6. The van der Waals surface area contributed by atoms with Crippen molar-refractivity contribution in [2.75, 3.05) is 40.0 Å². The maximum absolute atomic E-state index is 13.7. The van der Waals surface area contributed by atoms with Gasteiger partial charge in [-0.3, -0.25) is 4.90 Å². The number of aliphatic hydroxyl groups excluding tert-OH is 1. The van der Waals surface area contributed by atoms with Gasteiger partial charge in [-0.25, -0.2) is 4.39 Å². The molecule has 0 heterocycles. The van der Waals surface area contributed by atoms with Crippen molar-refractivity contribution in [3.63, 3.8) is 0 Å². The number of terminal acetylenes is 1. The number of halogens is 1. The largest absolute Gasteiger partial charge is 0.389 e. The average molecular weight is 295 g/mol. The first-order valence-electron chi connectivity index (χ1n) is 6.81. The van der Waals surface area contributed by atoms with E-state index >= 15 is 0 Å². The minimum atomic E-state index is -0.679. The van der Waals surface area contributed by atoms with Gasteiger partial charge in [0.2, 0.25) is 0 Å². The van der Waals surface area contributed by atoms with Crippen LogP contribution in [0.15, 0.2) is 24.3 Å². The maximum atomic E-state index is 13.7. The third kappa shape index (κ3) is 7.21. The molecule has 1 rings (SSSR count). The number of nitrogens with zero attached hydrogens (tertiary/aromatic N) is 1. The van der Waals surface area contributed by atoms with E-state index in [-0.39, 0.29) is 19.0 Å². The minimum absolute atomic E-state index is 0.158. The Labute approximate surface area is 125 Å². The number of ether oxygens (including phenoxy) is 2. The molecule has 21 heavy (non-hydrogen) atoms. The summed E-state index contributed by atoms with van der Waals surface area (Å²) in [6, 6.07) is 6.60. The smallest absolute Gasteiger partial charge is 0.127 e. The van der Waals surface area contributed by atoms with Crippen molar-refractivity contribution in [1.29, 1.82) is 0 Å². The van der Waals surface area contributed by atoms with E-state index in [0.717, 1.165) is 0 Å². The summed E-state index contributed by atoms with van der Waals surface area (Å²) in [4.78, 5) is 1.92. The second-order valence-electron chi connectivity index (χ2n) is 4.69. The second kappa shape index (κ2) is 10.3. The standard InChI is InChI=1S/C16H22FNO3/c1-3-9-21-13-15(19)12-18(8-10-20-2)11-14-6-4-5-7-16(14)17/h1,4-7,15,19H,8-13H2,2H3. The molecule has 0 aliphatic carbocycles. The summed E-state index contributed by atoms with van der Waals surface area (Å²) in [5.74, 6) is 2.09. The molecular formula is C16H22FNO3. The molecule has 0 spiro atoms. The Morgan fingerprint density at radius 3 is 2.86 bits per heavy atom. The highest BCUT2D eigenvalue weighted by Gasteiger charge is 2.14. The van der Waals surface area contributed by atoms with Crippen molar-refractivity contribution in [2.24, 2.45) is 0 Å². The van der Waals surface area contributed by atoms with Gasteiger partial charge < -0.3 is 14.6 Å². The number of hydrogen-bond acceptors (Lipinski definition) is 4. The monoisotopic (exact) mass is 295 g/mol. The summed E-state index contributed by atoms with van der Waals surface area (Å²) >= 11 is 0. The highest BCUT2D eigenvalue weighted by molar-refractivity contribution is 5.17. The van der Waals surface area contributed by atoms with Gasteiger partial charge in [-0.2, -0.15) is 0 Å². The Balaban J connectivity index is 2.55. The topological polar surface area (TPSA) is 41.9 Å². The SMILES string of the molecule is C#CCOCC(O)CN(CCOC)Cc1ccccc1F. The van der Waals surface area contributed by atoms with E-state index in [1.165, 1.54) is 6.07 Å². The van der Waals surface area contributed by atoms with Crippen molar-refractivity contribution in [3.8, 4) is 12.3 Å². The van der Waals surface area contributed by atoms with Crippen LogP contribution in [0, 0.1) is 18.2 Å². The van der Waals surface area contributed by atoms with Gasteiger partial charge in [-0.15, -0.1) is 6.42 Å². The Hall–Kier alpha value is -1.45. The van der Waals surface area contributed by atoms with Crippen molar-refractivity contribution in [3.05, 3.63) is 35.6 Å². The summed E-state index contributed by atoms with van der Waals surface area (Å²) in [5.41, 5.74) is 0.588. The summed E-state index contributed by atoms with van der Waals surface area (Å²) in [6.45, 7) is 2.20. The predicted molar refractivity (Wildman–Crippen MR) is 79.2 cm³/mol. The van der Waals surface area contributed by atoms with Crippen LogP contribution in [0.5, 0.6) is 0 Å². The van der Waals surface area contributed by atoms with Crippen LogP contribution in [-0.4, -0.2) is 56.1 Å². The molecule has 0 fully saturated rings. The zero-order valence-corrected chi connectivity index (χ0v) is 12.3. The summed E-state index contributed by atoms with van der Waals surface area (Å²) in [7, 11) is 1.60. The van der Waals surface area contributed by atoms with Gasteiger partial charge in [-0.05, 0) is 6.07 Å². The van der Waals surface area contributed by atoms with Gasteiger partial charge in [0.15, 0.2) is 0 Å². The molecule has 0 saturated heterocycles. The number of hydrogen-bond donors (Lipinski definition) is 1. The van der Waals surface area contributed by atoms with Crippen LogP contribution in [0.4, 0.5) is 4.39 Å². The molecule has 0 radical (unpaired) electrons. The third-order valence-corrected chi connectivity index (χ3v) is 2.93. The molecule has 1 atom stereocenters. The average Bonchev–Trinajstić information content (AvgIpc) is 2.47. The van der Waals surface area contributed by atoms with Crippen molar-refractivity contribution >= 4 is 0 Å². The van der Waals surface area contributed by atoms with Crippen LogP contribution in [-0.2, 0) is 16.0 Å². The van der Waals surface area contributed by atoms with Crippen LogP contribution in [0.25, 0.3) is 0 Å². The first-order valence-corrected chi connectivity index (χ1v) is 6.81. The molecule has 0 amide bonds. The molecule has 4 nitrogen and oxygen atoms in total. The fraction of sp³-hybridized carbons (Fsp3) is 0.500. The van der Waals surface area contributed by atoms with Crippen LogP contribution in [0.1, 0.15) is 5.56 Å². The number of aliphatic hydroxyl groups is 1. The van der Waals surface area contributed by atoms with Gasteiger partial charge in [-0.1, -0.05) is 24.1 Å². The van der Waals surface area contributed by atoms with Gasteiger partial charge >= 0.3 is 0 Å². The van der Waals surface area contributed by atoms with Crippen LogP contribution < -0.4 is 0 Å². The Morgan fingerprint density at radius 1 is 1.43 bits per heavy atom. The van der Waals surface area contributed by atoms with E-state index in [1.807, 2.05) is 4.90 Å². The summed E-state index contributed by atoms with van der Waals surface area (Å²) in [6.07, 6.45) is 4.40. The quantitative estimate of drug-likeness (QED) is 0.522. The lowest BCUT2D eigenvalue weighted by atomic mass is 10.2. The first-order chi connectivity index (χ1) is 10.2. The second-order valence-corrected chi connectivity index (χ2v) is 4.69. The third-order valence-electron chi connectivity index (χ3n) is 2.93. The molecule has 1 aromatic rings. The lowest BCUT2D eigenvalue weighted by Gasteiger charge is -2.25. The Bertz CT molecular complexity index is 447. The number of methoxy groups -OCH3 is 1. The fourth-order valence-corrected chi connectivity index (χ4v) is 1.93. The Kier molecular flexibility index (Phi) is 8.63. The molecular weight excluding hydrogens is 273 g/mol. The van der Waals surface area contributed by atoms with Crippen molar-refractivity contribution in [1.82, 2.24) is 4.90 Å². The lowest BCUT2D eigenvalue weighted by molar-refractivity contribution is 0.0205. The molecule has 1 N–H and O–H groups in total. The maximum Gasteiger partial charge on any atom is 0.127 e. The molecule has 0 saturated carbocycles. The highest BCUT2D eigenvalue weighted by atomic mass is 19.1. The normalized spacial score (nSPS) is 12.3. The molecule has 1 unspecified atom stereocenters. The minimum Gasteiger partial charge on any atom is -0.389 e. The van der Waals surface area contributed by atoms with E-state index in [0.29, 0.717) is 31.8 Å². The molecule has 5 heteroatoms. The molecule has 0 bridgehead atoms. The van der Waals surface area contributed by atoms with E-state index in [1.54, 1.807) is 25.3 Å². The predicted octanol–water partition coefficient (Wildman–Crippen LogP) is 1.28. The van der Waals surface area contributed by atoms with Gasteiger partial charge in [0, 0.05) is 32.3 Å². The van der Waals surface area contributed by atoms with E-state index < -0.39 is 6.10 Å². The van der Waals surface area contributed by atoms with Gasteiger partial charge in [0.1, 0.15) is 12.4 Å². The summed E-state index contributed by atoms with van der Waals surface area (Å²) in [5, 5.41) is 9.92. The zero-order valence-electron chi connectivity index (χ0n) is 12.3. The van der Waals surface area contributed by atoms with E-state index in [9.17, 15) is 9.50 Å². The molecule has 0 aliphatic rings. The fourth-order valence-electron chi connectivity index (χ4n) is 1.93. The zero-order chi connectivity index (χ0) is 15.5. The van der Waals surface area contributed by atoms with Gasteiger partial charge in [0.25, 0.3) is 0 Å². The van der Waals surface area contributed by atoms with E-state index in [2.05, 4.69) is 5.92 Å². The summed E-state index contributed by atoms with van der Waals surface area (Å²) < 4.78 is 23.8. The van der Waals surface area contributed by atoms with Crippen LogP contribution >= 0.6 is 0 Å². The molecule has 1 aromatic carbocycles. The molecule has 0 aliphatic heterocycles. The van der Waals surface area contributed by atoms with Crippen molar-refractivity contribution < 1.29 is 19.0 Å². The van der Waals surface area contributed by atoms with Gasteiger partial charge in [0.05, 0.1) is 19.3 Å². The highest BCUT2D eigenvalue weighted by Crippen LogP contribution is 2.10. The van der Waals surface area contributed by atoms with E-state index in [4.69, 9.17) is 15.9 Å². The number of benzene rings is 1.